The first-order chi connectivity index (χ1) is 24.3. The molecule has 1 aromatic heterocycles. The van der Waals surface area contributed by atoms with Crippen molar-refractivity contribution in [3.05, 3.63) is 93.2 Å². The van der Waals surface area contributed by atoms with Gasteiger partial charge in [0.2, 0.25) is 5.91 Å². The first kappa shape index (κ1) is 39.6. The van der Waals surface area contributed by atoms with Gasteiger partial charge in [0.15, 0.2) is 0 Å². The zero-order valence-corrected chi connectivity index (χ0v) is 34.0. The van der Waals surface area contributed by atoms with Crippen molar-refractivity contribution in [1.82, 2.24) is 20.1 Å². The van der Waals surface area contributed by atoms with Gasteiger partial charge in [-0.25, -0.2) is 4.79 Å². The number of aromatic nitrogens is 1. The smallest absolute Gasteiger partial charge is 0.326 e. The molecule has 0 unspecified atom stereocenters. The van der Waals surface area contributed by atoms with E-state index in [0.29, 0.717) is 53.3 Å². The summed E-state index contributed by atoms with van der Waals surface area (Å²) in [7, 11) is 0. The van der Waals surface area contributed by atoms with Crippen molar-refractivity contribution in [2.24, 2.45) is 16.3 Å². The third-order valence-electron chi connectivity index (χ3n) is 11.2. The van der Waals surface area contributed by atoms with E-state index in [1.54, 1.807) is 6.20 Å². The molecule has 52 heavy (non-hydrogen) atoms. The number of hydrogen-bond acceptors (Lipinski definition) is 5. The molecular weight excluding hydrogens is 693 g/mol. The molecular formula is C42H55Cl2N5O3. The van der Waals surface area contributed by atoms with Crippen molar-refractivity contribution in [2.45, 2.75) is 111 Å². The summed E-state index contributed by atoms with van der Waals surface area (Å²) in [4.78, 5) is 42.5. The zero-order valence-electron chi connectivity index (χ0n) is 32.4. The van der Waals surface area contributed by atoms with Gasteiger partial charge in [0, 0.05) is 59.0 Å². The minimum atomic E-state index is -1.02. The molecule has 1 saturated heterocycles. The highest BCUT2D eigenvalue weighted by atomic mass is 35.5. The van der Waals surface area contributed by atoms with Gasteiger partial charge in [-0.1, -0.05) is 89.0 Å². The second kappa shape index (κ2) is 15.0. The number of benzene rings is 2. The molecule has 1 N–H and O–H groups in total. The normalized spacial score (nSPS) is 21.9. The molecule has 0 aliphatic carbocycles. The zero-order chi connectivity index (χ0) is 38.2. The van der Waals surface area contributed by atoms with Crippen molar-refractivity contribution in [3.63, 3.8) is 0 Å². The van der Waals surface area contributed by atoms with Gasteiger partial charge in [-0.3, -0.25) is 19.7 Å². The van der Waals surface area contributed by atoms with Gasteiger partial charge >= 0.3 is 6.03 Å². The van der Waals surface area contributed by atoms with Crippen LogP contribution in [0.25, 0.3) is 0 Å². The molecule has 0 bridgehead atoms. The maximum atomic E-state index is 15.3. The number of rotatable bonds is 8. The second-order valence-electron chi connectivity index (χ2n) is 16.8. The van der Waals surface area contributed by atoms with E-state index in [9.17, 15) is 4.79 Å². The SMILES string of the molecule is CCOc1cc(C(C)(C)C)ncc1C1=N[C@@](C)(c2ccc(Cl)cc2)[C@@](C)(c2ccc(Cl)cc2)N1C(=O)N1CCC(CC(=O)N[C@H](C)C(C)(C)C)CC1. The largest absolute Gasteiger partial charge is 0.493 e. The predicted molar refractivity (Wildman–Crippen MR) is 211 cm³/mol. The van der Waals surface area contributed by atoms with Crippen LogP contribution >= 0.6 is 23.2 Å². The van der Waals surface area contributed by atoms with E-state index in [1.807, 2.05) is 78.2 Å². The minimum absolute atomic E-state index is 0.0255. The van der Waals surface area contributed by atoms with Crippen LogP contribution in [0.15, 0.2) is 65.8 Å². The molecule has 1 fully saturated rings. The van der Waals surface area contributed by atoms with E-state index in [-0.39, 0.29) is 34.7 Å². The molecule has 3 amide bonds. The molecule has 2 aliphatic rings. The number of likely N-dealkylation sites (tertiary alicyclic amines) is 1. The Balaban J connectivity index is 1.60. The summed E-state index contributed by atoms with van der Waals surface area (Å²) >= 11 is 12.8. The highest BCUT2D eigenvalue weighted by Crippen LogP contribution is 2.54. The van der Waals surface area contributed by atoms with E-state index < -0.39 is 11.1 Å². The Morgan fingerprint density at radius 3 is 2.02 bits per heavy atom. The van der Waals surface area contributed by atoms with Crippen LogP contribution in [0, 0.1) is 11.3 Å². The lowest BCUT2D eigenvalue weighted by atomic mass is 9.71. The Kier molecular flexibility index (Phi) is 11.4. The molecule has 2 aromatic carbocycles. The number of piperidine rings is 1. The minimum Gasteiger partial charge on any atom is -0.493 e. The Hall–Kier alpha value is -3.62. The number of carbonyl (C=O) groups excluding carboxylic acids is 2. The number of ether oxygens (including phenoxy) is 1. The van der Waals surface area contributed by atoms with Gasteiger partial charge < -0.3 is 15.0 Å². The lowest BCUT2D eigenvalue weighted by Crippen LogP contribution is -2.59. The fourth-order valence-electron chi connectivity index (χ4n) is 7.11. The predicted octanol–water partition coefficient (Wildman–Crippen LogP) is 9.75. The van der Waals surface area contributed by atoms with Crippen molar-refractivity contribution in [1.29, 1.82) is 0 Å². The van der Waals surface area contributed by atoms with Crippen LogP contribution in [0.5, 0.6) is 5.75 Å². The summed E-state index contributed by atoms with van der Waals surface area (Å²) in [6.07, 6.45) is 3.69. The summed E-state index contributed by atoms with van der Waals surface area (Å²) in [5.74, 6) is 1.34. The summed E-state index contributed by atoms with van der Waals surface area (Å²) in [6, 6.07) is 17.2. The molecule has 3 aromatic rings. The van der Waals surface area contributed by atoms with Gasteiger partial charge in [0.05, 0.1) is 12.2 Å². The van der Waals surface area contributed by atoms with Crippen LogP contribution in [0.4, 0.5) is 4.79 Å². The van der Waals surface area contributed by atoms with Crippen LogP contribution in [0.3, 0.4) is 0 Å². The molecule has 0 saturated carbocycles. The number of amidine groups is 1. The van der Waals surface area contributed by atoms with Gasteiger partial charge in [-0.2, -0.15) is 0 Å². The summed E-state index contributed by atoms with van der Waals surface area (Å²) < 4.78 is 6.29. The fraction of sp³-hybridized carbons (Fsp3) is 0.524. The van der Waals surface area contributed by atoms with Crippen molar-refractivity contribution >= 4 is 41.0 Å². The second-order valence-corrected chi connectivity index (χ2v) is 17.6. The summed E-state index contributed by atoms with van der Waals surface area (Å²) in [5, 5.41) is 4.39. The molecule has 3 heterocycles. The monoisotopic (exact) mass is 747 g/mol. The molecule has 8 nitrogen and oxygen atoms in total. The molecule has 3 atom stereocenters. The number of pyridine rings is 1. The molecule has 280 valence electrons. The van der Waals surface area contributed by atoms with E-state index >= 15 is 4.79 Å². The van der Waals surface area contributed by atoms with Crippen molar-refractivity contribution < 1.29 is 14.3 Å². The maximum Gasteiger partial charge on any atom is 0.326 e. The quantitative estimate of drug-likeness (QED) is 0.249. The molecule has 5 rings (SSSR count). The molecule has 0 radical (unpaired) electrons. The average Bonchev–Trinajstić information content (AvgIpc) is 3.32. The number of nitrogens with zero attached hydrogens (tertiary/aromatic N) is 4. The fourth-order valence-corrected chi connectivity index (χ4v) is 7.36. The highest BCUT2D eigenvalue weighted by molar-refractivity contribution is 6.30. The first-order valence-electron chi connectivity index (χ1n) is 18.4. The molecule has 10 heteroatoms. The number of hydrogen-bond donors (Lipinski definition) is 1. The van der Waals surface area contributed by atoms with E-state index in [1.165, 1.54) is 0 Å². The third kappa shape index (κ3) is 7.84. The van der Waals surface area contributed by atoms with Crippen LogP contribution in [-0.2, 0) is 21.3 Å². The van der Waals surface area contributed by atoms with Crippen LogP contribution in [0.1, 0.15) is 111 Å². The average molecular weight is 749 g/mol. The lowest BCUT2D eigenvalue weighted by molar-refractivity contribution is -0.123. The Bertz CT molecular complexity index is 1790. The van der Waals surface area contributed by atoms with Gasteiger partial charge in [0.1, 0.15) is 22.7 Å². The number of nitrogens with one attached hydrogen (secondary N) is 1. The van der Waals surface area contributed by atoms with E-state index in [0.717, 1.165) is 29.7 Å². The Morgan fingerprint density at radius 1 is 0.942 bits per heavy atom. The Labute approximate surface area is 320 Å². The summed E-state index contributed by atoms with van der Waals surface area (Å²) in [5.41, 5.74) is 1.04. The number of urea groups is 1. The number of halogens is 2. The number of aliphatic imine (C=N–C) groups is 1. The topological polar surface area (TPSA) is 87.1 Å². The van der Waals surface area contributed by atoms with Gasteiger partial charge in [-0.15, -0.1) is 0 Å². The molecule has 0 spiro atoms. The van der Waals surface area contributed by atoms with E-state index in [4.69, 9.17) is 37.9 Å². The maximum absolute atomic E-state index is 15.3. The standard InChI is InChI=1S/C42H55Cl2N5O3/c1-11-52-34-25-35(40(6,7)8)45-26-33(34)37-47-41(9,29-12-16-31(43)17-13-29)42(10,30-14-18-32(44)19-15-30)49(37)38(51)48-22-20-28(21-23-48)24-36(50)46-27(2)39(3,4)5/h12-19,25-28H,11,20-24H2,1-10H3,(H,46,50)/t27-,41+,42-/m1/s1. The van der Waals surface area contributed by atoms with Crippen LogP contribution < -0.4 is 10.1 Å². The van der Waals surface area contributed by atoms with Gasteiger partial charge in [0.25, 0.3) is 0 Å². The third-order valence-corrected chi connectivity index (χ3v) is 11.7. The van der Waals surface area contributed by atoms with Crippen molar-refractivity contribution in [2.75, 3.05) is 19.7 Å². The van der Waals surface area contributed by atoms with Crippen molar-refractivity contribution in [3.8, 4) is 5.75 Å². The van der Waals surface area contributed by atoms with Gasteiger partial charge in [-0.05, 0) is 87.3 Å². The number of amides is 3. The van der Waals surface area contributed by atoms with E-state index in [2.05, 4.69) is 60.7 Å². The lowest BCUT2D eigenvalue weighted by Gasteiger charge is -2.47. The van der Waals surface area contributed by atoms with Crippen LogP contribution in [0.2, 0.25) is 10.0 Å². The Morgan fingerprint density at radius 2 is 1.50 bits per heavy atom. The van der Waals surface area contributed by atoms with Crippen LogP contribution in [-0.4, -0.2) is 58.3 Å². The highest BCUT2D eigenvalue weighted by Gasteiger charge is 2.60. The molecule has 2 aliphatic heterocycles. The number of carbonyl (C=O) groups is 2. The first-order valence-corrected chi connectivity index (χ1v) is 19.2. The summed E-state index contributed by atoms with van der Waals surface area (Å²) in [6.45, 7) is 22.3.